The van der Waals surface area contributed by atoms with Crippen LogP contribution >= 0.6 is 0 Å². The Bertz CT molecular complexity index is 969. The Kier molecular flexibility index (Phi) is 5.31. The third-order valence-corrected chi connectivity index (χ3v) is 4.91. The molecule has 2 heterocycles. The molecule has 1 saturated heterocycles. The highest BCUT2D eigenvalue weighted by molar-refractivity contribution is 6.46. The quantitative estimate of drug-likeness (QED) is 0.479. The number of rotatable bonds is 5. The van der Waals surface area contributed by atoms with Gasteiger partial charge in [0.2, 0.25) is 0 Å². The highest BCUT2D eigenvalue weighted by atomic mass is 16.5. The number of benzene rings is 1. The van der Waals surface area contributed by atoms with Crippen LogP contribution in [-0.4, -0.2) is 35.4 Å². The number of ketones is 1. The number of aryl methyl sites for hydroxylation is 3. The summed E-state index contributed by atoms with van der Waals surface area (Å²) in [4.78, 5) is 27.0. The summed E-state index contributed by atoms with van der Waals surface area (Å²) in [7, 11) is 1.51. The summed E-state index contributed by atoms with van der Waals surface area (Å²) in [5.41, 5.74) is 2.16. The van der Waals surface area contributed by atoms with Crippen LogP contribution in [0.2, 0.25) is 0 Å². The summed E-state index contributed by atoms with van der Waals surface area (Å²) in [5.74, 6) is -0.00746. The summed E-state index contributed by atoms with van der Waals surface area (Å²) >= 11 is 0. The fraction of sp³-hybridized carbons (Fsp3) is 0.364. The molecule has 0 aliphatic carbocycles. The Morgan fingerprint density at radius 1 is 1.21 bits per heavy atom. The second-order valence-electron chi connectivity index (χ2n) is 7.10. The average Bonchev–Trinajstić information content (AvgIpc) is 3.17. The molecule has 1 aromatic heterocycles. The zero-order valence-electron chi connectivity index (χ0n) is 16.8. The SMILES string of the molecule is CCCN1C(=O)C(=O)/C(=C(/O)c2cc(C)cc(C)c2OC)C1c1ccc(C)o1. The van der Waals surface area contributed by atoms with Crippen LogP contribution < -0.4 is 4.74 Å². The molecule has 0 radical (unpaired) electrons. The van der Waals surface area contributed by atoms with Crippen molar-refractivity contribution in [3.63, 3.8) is 0 Å². The molecule has 1 amide bonds. The number of furan rings is 1. The molecule has 0 bridgehead atoms. The number of hydrogen-bond donors (Lipinski definition) is 1. The van der Waals surface area contributed by atoms with Gasteiger partial charge >= 0.3 is 0 Å². The largest absolute Gasteiger partial charge is 0.507 e. The van der Waals surface area contributed by atoms with Crippen LogP contribution in [0.3, 0.4) is 0 Å². The van der Waals surface area contributed by atoms with Gasteiger partial charge in [0.1, 0.15) is 29.1 Å². The molecular weight excluding hydrogens is 358 g/mol. The average molecular weight is 383 g/mol. The Labute approximate surface area is 164 Å². The van der Waals surface area contributed by atoms with E-state index in [0.29, 0.717) is 35.8 Å². The van der Waals surface area contributed by atoms with Gasteiger partial charge in [-0.05, 0) is 56.5 Å². The number of aliphatic hydroxyl groups excluding tert-OH is 1. The van der Waals surface area contributed by atoms with Crippen LogP contribution in [0.5, 0.6) is 5.75 Å². The summed E-state index contributed by atoms with van der Waals surface area (Å²) < 4.78 is 11.2. The summed E-state index contributed by atoms with van der Waals surface area (Å²) in [6.07, 6.45) is 0.677. The van der Waals surface area contributed by atoms with Crippen molar-refractivity contribution in [2.75, 3.05) is 13.7 Å². The molecule has 1 aromatic carbocycles. The lowest BCUT2D eigenvalue weighted by molar-refractivity contribution is -0.140. The van der Waals surface area contributed by atoms with Crippen molar-refractivity contribution in [1.29, 1.82) is 0 Å². The van der Waals surface area contributed by atoms with Crippen molar-refractivity contribution in [1.82, 2.24) is 4.90 Å². The monoisotopic (exact) mass is 383 g/mol. The normalized spacial score (nSPS) is 18.8. The fourth-order valence-corrected chi connectivity index (χ4v) is 3.79. The van der Waals surface area contributed by atoms with E-state index < -0.39 is 17.7 Å². The maximum atomic E-state index is 12.9. The van der Waals surface area contributed by atoms with Crippen LogP contribution in [0.1, 0.15) is 47.6 Å². The number of aliphatic hydroxyl groups is 1. The first kappa shape index (κ1) is 19.7. The van der Waals surface area contributed by atoms with E-state index in [4.69, 9.17) is 9.15 Å². The second kappa shape index (κ2) is 7.54. The van der Waals surface area contributed by atoms with Gasteiger partial charge in [-0.25, -0.2) is 0 Å². The molecule has 28 heavy (non-hydrogen) atoms. The van der Waals surface area contributed by atoms with Crippen LogP contribution in [0.15, 0.2) is 34.3 Å². The molecule has 6 heteroatoms. The molecule has 148 valence electrons. The van der Waals surface area contributed by atoms with Gasteiger partial charge in [-0.3, -0.25) is 9.59 Å². The van der Waals surface area contributed by atoms with Crippen molar-refractivity contribution in [3.05, 3.63) is 58.0 Å². The zero-order valence-corrected chi connectivity index (χ0v) is 16.8. The van der Waals surface area contributed by atoms with Gasteiger partial charge < -0.3 is 19.2 Å². The van der Waals surface area contributed by atoms with E-state index in [0.717, 1.165) is 11.1 Å². The van der Waals surface area contributed by atoms with Crippen molar-refractivity contribution < 1.29 is 23.8 Å². The van der Waals surface area contributed by atoms with Crippen LogP contribution in [0.25, 0.3) is 5.76 Å². The zero-order chi connectivity index (χ0) is 20.6. The van der Waals surface area contributed by atoms with Gasteiger partial charge in [0.25, 0.3) is 11.7 Å². The van der Waals surface area contributed by atoms with Gasteiger partial charge in [-0.1, -0.05) is 13.0 Å². The van der Waals surface area contributed by atoms with E-state index in [1.807, 2.05) is 26.8 Å². The Morgan fingerprint density at radius 2 is 1.93 bits per heavy atom. The van der Waals surface area contributed by atoms with E-state index in [-0.39, 0.29) is 11.3 Å². The number of carbonyl (C=O) groups is 2. The molecule has 2 aromatic rings. The summed E-state index contributed by atoms with van der Waals surface area (Å²) in [6, 6.07) is 6.43. The molecular formula is C22H25NO5. The third kappa shape index (κ3) is 3.19. The standard InChI is InChI=1S/C22H25NO5/c1-6-9-23-18(16-8-7-14(4)28-16)17(20(25)22(23)26)19(24)15-11-12(2)10-13(3)21(15)27-5/h7-8,10-11,18,24H,6,9H2,1-5H3/b19-17+. The minimum atomic E-state index is -0.765. The Hall–Kier alpha value is -3.02. The third-order valence-electron chi connectivity index (χ3n) is 4.91. The number of amides is 1. The molecule has 1 N–H and O–H groups in total. The highest BCUT2D eigenvalue weighted by Gasteiger charge is 2.47. The van der Waals surface area contributed by atoms with E-state index in [1.54, 1.807) is 25.1 Å². The molecule has 0 spiro atoms. The number of carbonyl (C=O) groups excluding carboxylic acids is 2. The molecule has 3 rings (SSSR count). The van der Waals surface area contributed by atoms with Gasteiger partial charge in [0.15, 0.2) is 0 Å². The lowest BCUT2D eigenvalue weighted by atomic mass is 9.96. The number of likely N-dealkylation sites (tertiary alicyclic amines) is 1. The number of nitrogens with zero attached hydrogens (tertiary/aromatic N) is 1. The fourth-order valence-electron chi connectivity index (χ4n) is 3.79. The minimum Gasteiger partial charge on any atom is -0.507 e. The van der Waals surface area contributed by atoms with Crippen LogP contribution in [0.4, 0.5) is 0 Å². The van der Waals surface area contributed by atoms with Crippen LogP contribution in [0, 0.1) is 20.8 Å². The first-order valence-electron chi connectivity index (χ1n) is 9.30. The molecule has 1 fully saturated rings. The molecule has 1 aliphatic rings. The molecule has 1 atom stereocenters. The van der Waals surface area contributed by atoms with Gasteiger partial charge in [-0.15, -0.1) is 0 Å². The predicted molar refractivity (Wildman–Crippen MR) is 105 cm³/mol. The minimum absolute atomic E-state index is 0.0242. The topological polar surface area (TPSA) is 80.0 Å². The Morgan fingerprint density at radius 3 is 2.50 bits per heavy atom. The van der Waals surface area contributed by atoms with E-state index >= 15 is 0 Å². The Balaban J connectivity index is 2.27. The van der Waals surface area contributed by atoms with Gasteiger partial charge in [0, 0.05) is 6.54 Å². The lowest BCUT2D eigenvalue weighted by Crippen LogP contribution is -2.30. The number of Topliss-reactive ketones (excluding diaryl/α,β-unsaturated/α-hetero) is 1. The van der Waals surface area contributed by atoms with Crippen LogP contribution in [-0.2, 0) is 9.59 Å². The summed E-state index contributed by atoms with van der Waals surface area (Å²) in [6.45, 7) is 7.87. The van der Waals surface area contributed by atoms with Gasteiger partial charge in [0.05, 0.1) is 18.2 Å². The maximum absolute atomic E-state index is 12.9. The lowest BCUT2D eigenvalue weighted by Gasteiger charge is -2.23. The smallest absolute Gasteiger partial charge is 0.295 e. The number of ether oxygens (including phenoxy) is 1. The molecule has 6 nitrogen and oxygen atoms in total. The number of methoxy groups -OCH3 is 1. The first-order chi connectivity index (χ1) is 13.3. The van der Waals surface area contributed by atoms with Crippen molar-refractivity contribution in [2.24, 2.45) is 0 Å². The first-order valence-corrected chi connectivity index (χ1v) is 9.30. The second-order valence-corrected chi connectivity index (χ2v) is 7.10. The predicted octanol–water partition coefficient (Wildman–Crippen LogP) is 4.05. The number of hydrogen-bond acceptors (Lipinski definition) is 5. The van der Waals surface area contributed by atoms with Crippen molar-refractivity contribution in [3.8, 4) is 5.75 Å². The van der Waals surface area contributed by atoms with E-state index in [2.05, 4.69) is 0 Å². The molecule has 1 unspecified atom stereocenters. The van der Waals surface area contributed by atoms with Crippen molar-refractivity contribution >= 4 is 17.4 Å². The van der Waals surface area contributed by atoms with E-state index in [1.165, 1.54) is 12.0 Å². The van der Waals surface area contributed by atoms with E-state index in [9.17, 15) is 14.7 Å². The molecule has 1 aliphatic heterocycles. The highest BCUT2D eigenvalue weighted by Crippen LogP contribution is 2.42. The van der Waals surface area contributed by atoms with Gasteiger partial charge in [-0.2, -0.15) is 0 Å². The summed E-state index contributed by atoms with van der Waals surface area (Å²) in [5, 5.41) is 11.2. The van der Waals surface area contributed by atoms with Crippen molar-refractivity contribution in [2.45, 2.75) is 40.2 Å². The molecule has 0 saturated carbocycles. The maximum Gasteiger partial charge on any atom is 0.295 e.